The second-order valence-electron chi connectivity index (χ2n) is 5.16. The first kappa shape index (κ1) is 15.1. The molecule has 0 radical (unpaired) electrons. The molecule has 5 nitrogen and oxygen atoms in total. The predicted molar refractivity (Wildman–Crippen MR) is 88.4 cm³/mol. The molecule has 0 spiro atoms. The third kappa shape index (κ3) is 2.89. The Morgan fingerprint density at radius 3 is 2.83 bits per heavy atom. The number of ether oxygens (including phenoxy) is 2. The molecule has 0 unspecified atom stereocenters. The number of methoxy groups -OCH3 is 1. The van der Waals surface area contributed by atoms with Gasteiger partial charge < -0.3 is 14.5 Å². The molecular formula is C18H17N3O2. The first-order valence-electron chi connectivity index (χ1n) is 7.34. The van der Waals surface area contributed by atoms with Crippen LogP contribution in [0.5, 0.6) is 5.75 Å². The number of aromatic nitrogens is 2. The van der Waals surface area contributed by atoms with Crippen molar-refractivity contribution in [2.45, 2.75) is 6.92 Å². The number of nitriles is 1. The number of H-pyrrole nitrogens is 1. The second kappa shape index (κ2) is 6.51. The van der Waals surface area contributed by atoms with Crippen LogP contribution >= 0.6 is 0 Å². The Morgan fingerprint density at radius 2 is 2.09 bits per heavy atom. The SMILES string of the molecule is COCCOc1ccc(-c2c[nH]c3c(C#N)cccc23)nc1C. The Hall–Kier alpha value is -2.84. The van der Waals surface area contributed by atoms with E-state index < -0.39 is 0 Å². The molecule has 0 aliphatic carbocycles. The van der Waals surface area contributed by atoms with Crippen molar-refractivity contribution in [1.82, 2.24) is 9.97 Å². The van der Waals surface area contributed by atoms with E-state index in [2.05, 4.69) is 16.0 Å². The van der Waals surface area contributed by atoms with Gasteiger partial charge in [-0.1, -0.05) is 12.1 Å². The van der Waals surface area contributed by atoms with Crippen LogP contribution in [0.2, 0.25) is 0 Å². The monoisotopic (exact) mass is 307 g/mol. The fourth-order valence-electron chi connectivity index (χ4n) is 2.55. The van der Waals surface area contributed by atoms with Crippen molar-refractivity contribution in [2.75, 3.05) is 20.3 Å². The summed E-state index contributed by atoms with van der Waals surface area (Å²) in [6.07, 6.45) is 1.89. The van der Waals surface area contributed by atoms with Crippen molar-refractivity contribution in [3.05, 3.63) is 47.8 Å². The van der Waals surface area contributed by atoms with Crippen molar-refractivity contribution in [2.24, 2.45) is 0 Å². The third-order valence-electron chi connectivity index (χ3n) is 3.69. The maximum absolute atomic E-state index is 9.19. The molecule has 1 aromatic carbocycles. The molecular weight excluding hydrogens is 290 g/mol. The highest BCUT2D eigenvalue weighted by molar-refractivity contribution is 5.97. The molecule has 0 fully saturated rings. The highest BCUT2D eigenvalue weighted by Gasteiger charge is 2.11. The molecule has 0 bridgehead atoms. The number of rotatable bonds is 5. The van der Waals surface area contributed by atoms with E-state index in [-0.39, 0.29) is 0 Å². The molecule has 3 rings (SSSR count). The quantitative estimate of drug-likeness (QED) is 0.733. The number of hydrogen-bond acceptors (Lipinski definition) is 4. The number of aryl methyl sites for hydroxylation is 1. The van der Waals surface area contributed by atoms with E-state index in [0.717, 1.165) is 33.6 Å². The van der Waals surface area contributed by atoms with Gasteiger partial charge in [-0.15, -0.1) is 0 Å². The summed E-state index contributed by atoms with van der Waals surface area (Å²) < 4.78 is 10.6. The van der Waals surface area contributed by atoms with Gasteiger partial charge in [0, 0.05) is 24.3 Å². The van der Waals surface area contributed by atoms with Gasteiger partial charge in [0.25, 0.3) is 0 Å². The maximum Gasteiger partial charge on any atom is 0.140 e. The van der Waals surface area contributed by atoms with Gasteiger partial charge in [-0.05, 0) is 25.1 Å². The largest absolute Gasteiger partial charge is 0.489 e. The summed E-state index contributed by atoms with van der Waals surface area (Å²) in [6.45, 7) is 2.96. The molecule has 0 aliphatic rings. The summed E-state index contributed by atoms with van der Waals surface area (Å²) in [4.78, 5) is 7.80. The number of aromatic amines is 1. The van der Waals surface area contributed by atoms with Gasteiger partial charge in [-0.25, -0.2) is 4.98 Å². The van der Waals surface area contributed by atoms with Gasteiger partial charge in [0.1, 0.15) is 18.4 Å². The van der Waals surface area contributed by atoms with Crippen molar-refractivity contribution in [1.29, 1.82) is 5.26 Å². The topological polar surface area (TPSA) is 70.9 Å². The number of pyridine rings is 1. The smallest absolute Gasteiger partial charge is 0.140 e. The van der Waals surface area contributed by atoms with Crippen LogP contribution in [0.1, 0.15) is 11.3 Å². The highest BCUT2D eigenvalue weighted by atomic mass is 16.5. The van der Waals surface area contributed by atoms with E-state index in [0.29, 0.717) is 18.8 Å². The number of para-hydroxylation sites is 1. The normalized spacial score (nSPS) is 10.7. The van der Waals surface area contributed by atoms with E-state index in [9.17, 15) is 5.26 Å². The molecule has 2 heterocycles. The lowest BCUT2D eigenvalue weighted by Crippen LogP contribution is -2.05. The Morgan fingerprint density at radius 1 is 1.22 bits per heavy atom. The number of nitrogens with zero attached hydrogens (tertiary/aromatic N) is 2. The Bertz CT molecular complexity index is 878. The van der Waals surface area contributed by atoms with E-state index >= 15 is 0 Å². The van der Waals surface area contributed by atoms with Crippen LogP contribution in [0.4, 0.5) is 0 Å². The van der Waals surface area contributed by atoms with Crippen LogP contribution in [0.25, 0.3) is 22.2 Å². The molecule has 23 heavy (non-hydrogen) atoms. The van der Waals surface area contributed by atoms with Gasteiger partial charge in [-0.2, -0.15) is 5.26 Å². The molecule has 0 aliphatic heterocycles. The fourth-order valence-corrected chi connectivity index (χ4v) is 2.55. The van der Waals surface area contributed by atoms with Gasteiger partial charge in [0.05, 0.1) is 29.1 Å². The first-order chi connectivity index (χ1) is 11.2. The van der Waals surface area contributed by atoms with E-state index in [4.69, 9.17) is 9.47 Å². The molecule has 0 saturated heterocycles. The van der Waals surface area contributed by atoms with Crippen LogP contribution in [-0.2, 0) is 4.74 Å². The number of fused-ring (bicyclic) bond motifs is 1. The molecule has 2 aromatic heterocycles. The molecule has 0 amide bonds. The average Bonchev–Trinajstić information content (AvgIpc) is 3.00. The lowest BCUT2D eigenvalue weighted by molar-refractivity contribution is 0.145. The van der Waals surface area contributed by atoms with Crippen molar-refractivity contribution < 1.29 is 9.47 Å². The van der Waals surface area contributed by atoms with Gasteiger partial charge in [-0.3, -0.25) is 0 Å². The third-order valence-corrected chi connectivity index (χ3v) is 3.69. The van der Waals surface area contributed by atoms with E-state index in [1.165, 1.54) is 0 Å². The summed E-state index contributed by atoms with van der Waals surface area (Å²) in [7, 11) is 1.64. The molecule has 1 N–H and O–H groups in total. The maximum atomic E-state index is 9.19. The molecule has 0 atom stereocenters. The fraction of sp³-hybridized carbons (Fsp3) is 0.222. The lowest BCUT2D eigenvalue weighted by Gasteiger charge is -2.09. The zero-order valence-corrected chi connectivity index (χ0v) is 13.1. The van der Waals surface area contributed by atoms with Crippen LogP contribution in [0.3, 0.4) is 0 Å². The Balaban J connectivity index is 1.97. The minimum atomic E-state index is 0.497. The standard InChI is InChI=1S/C18H17N3O2/c1-12-17(23-9-8-22-2)7-6-16(21-12)15-11-20-18-13(10-19)4-3-5-14(15)18/h3-7,11,20H,8-9H2,1-2H3. The van der Waals surface area contributed by atoms with Crippen molar-refractivity contribution >= 4 is 10.9 Å². The van der Waals surface area contributed by atoms with Crippen molar-refractivity contribution in [3.63, 3.8) is 0 Å². The van der Waals surface area contributed by atoms with Gasteiger partial charge in [0.2, 0.25) is 0 Å². The Labute approximate surface area is 134 Å². The minimum Gasteiger partial charge on any atom is -0.489 e. The lowest BCUT2D eigenvalue weighted by atomic mass is 10.1. The molecule has 5 heteroatoms. The van der Waals surface area contributed by atoms with Gasteiger partial charge in [0.15, 0.2) is 0 Å². The predicted octanol–water partition coefficient (Wildman–Crippen LogP) is 3.44. The summed E-state index contributed by atoms with van der Waals surface area (Å²) >= 11 is 0. The number of benzene rings is 1. The molecule has 3 aromatic rings. The van der Waals surface area contributed by atoms with E-state index in [1.54, 1.807) is 13.2 Å². The average molecular weight is 307 g/mol. The van der Waals surface area contributed by atoms with Crippen LogP contribution in [0.15, 0.2) is 36.5 Å². The van der Waals surface area contributed by atoms with Crippen LogP contribution in [0, 0.1) is 18.3 Å². The number of hydrogen-bond donors (Lipinski definition) is 1. The van der Waals surface area contributed by atoms with E-state index in [1.807, 2.05) is 37.4 Å². The zero-order valence-electron chi connectivity index (χ0n) is 13.1. The van der Waals surface area contributed by atoms with Crippen LogP contribution in [-0.4, -0.2) is 30.3 Å². The summed E-state index contributed by atoms with van der Waals surface area (Å²) in [5.41, 5.74) is 4.12. The van der Waals surface area contributed by atoms with Crippen molar-refractivity contribution in [3.8, 4) is 23.1 Å². The summed E-state index contributed by atoms with van der Waals surface area (Å²) in [5, 5.41) is 10.2. The zero-order chi connectivity index (χ0) is 16.2. The molecule has 0 saturated carbocycles. The van der Waals surface area contributed by atoms with Crippen LogP contribution < -0.4 is 4.74 Å². The van der Waals surface area contributed by atoms with Gasteiger partial charge >= 0.3 is 0 Å². The minimum absolute atomic E-state index is 0.497. The molecule has 116 valence electrons. The second-order valence-corrected chi connectivity index (χ2v) is 5.16. The Kier molecular flexibility index (Phi) is 4.26. The first-order valence-corrected chi connectivity index (χ1v) is 7.34. The summed E-state index contributed by atoms with van der Waals surface area (Å²) in [5.74, 6) is 0.753. The highest BCUT2D eigenvalue weighted by Crippen LogP contribution is 2.30. The summed E-state index contributed by atoms with van der Waals surface area (Å²) in [6, 6.07) is 11.7. The number of nitrogens with one attached hydrogen (secondary N) is 1.